The van der Waals surface area contributed by atoms with Crippen LogP contribution in [-0.4, -0.2) is 27.0 Å². The highest BCUT2D eigenvalue weighted by Gasteiger charge is 2.27. The van der Waals surface area contributed by atoms with E-state index in [0.717, 1.165) is 25.7 Å². The zero-order chi connectivity index (χ0) is 14.5. The fourth-order valence-electron chi connectivity index (χ4n) is 2.38. The molecule has 1 aliphatic carbocycles. The number of nitro groups is 1. The van der Waals surface area contributed by atoms with Crippen molar-refractivity contribution in [2.45, 2.75) is 58.1 Å². The number of anilines is 1. The second-order valence-corrected chi connectivity index (χ2v) is 5.28. The Morgan fingerprint density at radius 1 is 1.35 bits per heavy atom. The minimum Gasteiger partial charge on any atom is -0.470 e. The van der Waals surface area contributed by atoms with Crippen LogP contribution in [0.25, 0.3) is 0 Å². The molecule has 7 heteroatoms. The van der Waals surface area contributed by atoms with Crippen molar-refractivity contribution in [3.8, 4) is 5.88 Å². The van der Waals surface area contributed by atoms with E-state index >= 15 is 0 Å². The van der Waals surface area contributed by atoms with Crippen LogP contribution in [0.15, 0.2) is 6.33 Å². The summed E-state index contributed by atoms with van der Waals surface area (Å²) in [5.74, 6) is 0.283. The zero-order valence-corrected chi connectivity index (χ0v) is 11.8. The molecule has 0 aromatic carbocycles. The quantitative estimate of drug-likeness (QED) is 0.658. The van der Waals surface area contributed by atoms with Crippen LogP contribution in [0, 0.1) is 10.1 Å². The maximum absolute atomic E-state index is 11.3. The Bertz CT molecular complexity index is 473. The van der Waals surface area contributed by atoms with E-state index in [1.165, 1.54) is 12.7 Å². The Labute approximate surface area is 117 Å². The minimum atomic E-state index is -0.483. The largest absolute Gasteiger partial charge is 0.470 e. The van der Waals surface area contributed by atoms with E-state index in [1.807, 2.05) is 0 Å². The summed E-state index contributed by atoms with van der Waals surface area (Å²) >= 11 is 0. The number of hydrogen-bond donors (Lipinski definition) is 1. The Balaban J connectivity index is 2.24. The van der Waals surface area contributed by atoms with Crippen molar-refractivity contribution in [1.82, 2.24) is 9.97 Å². The van der Waals surface area contributed by atoms with E-state index in [0.29, 0.717) is 0 Å². The molecule has 1 aromatic heterocycles. The van der Waals surface area contributed by atoms with Gasteiger partial charge >= 0.3 is 5.69 Å². The van der Waals surface area contributed by atoms with Crippen molar-refractivity contribution in [2.24, 2.45) is 0 Å². The second-order valence-electron chi connectivity index (χ2n) is 5.28. The molecule has 110 valence electrons. The van der Waals surface area contributed by atoms with Gasteiger partial charge < -0.3 is 10.1 Å². The number of hydrogen-bond acceptors (Lipinski definition) is 6. The third kappa shape index (κ3) is 3.55. The molecule has 0 spiro atoms. The minimum absolute atomic E-state index is 0.0262. The number of nitrogens with zero attached hydrogens (tertiary/aromatic N) is 3. The van der Waals surface area contributed by atoms with E-state index in [-0.39, 0.29) is 29.5 Å². The highest BCUT2D eigenvalue weighted by molar-refractivity contribution is 5.61. The van der Waals surface area contributed by atoms with Crippen molar-refractivity contribution in [3.63, 3.8) is 0 Å². The van der Waals surface area contributed by atoms with Gasteiger partial charge in [-0.2, -0.15) is 4.98 Å². The topological polar surface area (TPSA) is 90.2 Å². The molecule has 1 fully saturated rings. The maximum Gasteiger partial charge on any atom is 0.372 e. The van der Waals surface area contributed by atoms with Gasteiger partial charge in [0.2, 0.25) is 5.82 Å². The highest BCUT2D eigenvalue weighted by Crippen LogP contribution is 2.33. The summed E-state index contributed by atoms with van der Waals surface area (Å²) < 4.78 is 5.40. The standard InChI is InChI=1S/C13H20N4O3/c1-9(2)20-13-11(17(18)19)12(14-8-15-13)16-10-6-4-3-5-7-10/h8-10H,3-7H2,1-2H3,(H,14,15,16). The molecule has 20 heavy (non-hydrogen) atoms. The van der Waals surface area contributed by atoms with Crippen molar-refractivity contribution in [3.05, 3.63) is 16.4 Å². The van der Waals surface area contributed by atoms with Crippen molar-refractivity contribution >= 4 is 11.5 Å². The van der Waals surface area contributed by atoms with Crippen LogP contribution in [0.5, 0.6) is 5.88 Å². The summed E-state index contributed by atoms with van der Waals surface area (Å²) in [5, 5.41) is 14.4. The van der Waals surface area contributed by atoms with Crippen LogP contribution >= 0.6 is 0 Å². The molecule has 0 aliphatic heterocycles. The fraction of sp³-hybridized carbons (Fsp3) is 0.692. The zero-order valence-electron chi connectivity index (χ0n) is 11.8. The molecule has 0 saturated heterocycles. The third-order valence-electron chi connectivity index (χ3n) is 3.26. The monoisotopic (exact) mass is 280 g/mol. The third-order valence-corrected chi connectivity index (χ3v) is 3.26. The number of nitrogens with one attached hydrogen (secondary N) is 1. The average molecular weight is 280 g/mol. The molecule has 0 atom stereocenters. The van der Waals surface area contributed by atoms with Crippen LogP contribution < -0.4 is 10.1 Å². The van der Waals surface area contributed by atoms with E-state index in [9.17, 15) is 10.1 Å². The molecule has 0 amide bonds. The van der Waals surface area contributed by atoms with Gasteiger partial charge in [-0.15, -0.1) is 0 Å². The van der Waals surface area contributed by atoms with Gasteiger partial charge in [-0.3, -0.25) is 10.1 Å². The van der Waals surface area contributed by atoms with Crippen molar-refractivity contribution < 1.29 is 9.66 Å². The lowest BCUT2D eigenvalue weighted by molar-refractivity contribution is -0.385. The molecule has 0 radical (unpaired) electrons. The molecular weight excluding hydrogens is 260 g/mol. The maximum atomic E-state index is 11.3. The molecular formula is C13H20N4O3. The number of ether oxygens (including phenoxy) is 1. The Morgan fingerprint density at radius 2 is 2.05 bits per heavy atom. The van der Waals surface area contributed by atoms with Crippen LogP contribution in [0.3, 0.4) is 0 Å². The summed E-state index contributed by atoms with van der Waals surface area (Å²) in [6, 6.07) is 0.240. The van der Waals surface area contributed by atoms with E-state index in [1.54, 1.807) is 13.8 Å². The molecule has 2 rings (SSSR count). The van der Waals surface area contributed by atoms with Gasteiger partial charge in [0.25, 0.3) is 5.88 Å². The van der Waals surface area contributed by atoms with E-state index < -0.39 is 4.92 Å². The summed E-state index contributed by atoms with van der Waals surface area (Å²) in [7, 11) is 0. The lowest BCUT2D eigenvalue weighted by Gasteiger charge is -2.23. The first-order valence-corrected chi connectivity index (χ1v) is 7.00. The van der Waals surface area contributed by atoms with Gasteiger partial charge in [-0.25, -0.2) is 4.98 Å². The molecule has 0 unspecified atom stereocenters. The van der Waals surface area contributed by atoms with Crippen LogP contribution in [0.1, 0.15) is 46.0 Å². The van der Waals surface area contributed by atoms with Gasteiger partial charge in [0.15, 0.2) is 0 Å². The molecule has 1 heterocycles. The summed E-state index contributed by atoms with van der Waals surface area (Å²) in [5.41, 5.74) is -0.174. The molecule has 1 aliphatic rings. The lowest BCUT2D eigenvalue weighted by Crippen LogP contribution is -2.23. The molecule has 1 saturated carbocycles. The average Bonchev–Trinajstić information content (AvgIpc) is 2.39. The van der Waals surface area contributed by atoms with Gasteiger partial charge in [-0.1, -0.05) is 19.3 Å². The van der Waals surface area contributed by atoms with Gasteiger partial charge in [-0.05, 0) is 26.7 Å². The smallest absolute Gasteiger partial charge is 0.372 e. The Kier molecular flexibility index (Phi) is 4.70. The first-order valence-electron chi connectivity index (χ1n) is 7.00. The first-order chi connectivity index (χ1) is 9.58. The Hall–Kier alpha value is -1.92. The predicted molar refractivity (Wildman–Crippen MR) is 74.9 cm³/mol. The normalized spacial score (nSPS) is 16.1. The summed E-state index contributed by atoms with van der Waals surface area (Å²) in [6.45, 7) is 3.61. The SMILES string of the molecule is CC(C)Oc1ncnc(NC2CCCCC2)c1[N+](=O)[O-]. The summed E-state index contributed by atoms with van der Waals surface area (Å²) in [6.07, 6.45) is 6.67. The lowest BCUT2D eigenvalue weighted by atomic mass is 9.95. The first kappa shape index (κ1) is 14.5. The molecule has 1 N–H and O–H groups in total. The van der Waals surface area contributed by atoms with E-state index in [4.69, 9.17) is 4.74 Å². The van der Waals surface area contributed by atoms with Gasteiger partial charge in [0.05, 0.1) is 11.0 Å². The van der Waals surface area contributed by atoms with Crippen LogP contribution in [0.2, 0.25) is 0 Å². The molecule has 1 aromatic rings. The Morgan fingerprint density at radius 3 is 2.65 bits per heavy atom. The van der Waals surface area contributed by atoms with Crippen LogP contribution in [-0.2, 0) is 0 Å². The highest BCUT2D eigenvalue weighted by atomic mass is 16.6. The number of rotatable bonds is 5. The molecule has 0 bridgehead atoms. The number of aromatic nitrogens is 2. The fourth-order valence-corrected chi connectivity index (χ4v) is 2.38. The molecule has 7 nitrogen and oxygen atoms in total. The van der Waals surface area contributed by atoms with Gasteiger partial charge in [0, 0.05) is 6.04 Å². The van der Waals surface area contributed by atoms with Crippen molar-refractivity contribution in [1.29, 1.82) is 0 Å². The van der Waals surface area contributed by atoms with Crippen LogP contribution in [0.4, 0.5) is 11.5 Å². The second kappa shape index (κ2) is 6.49. The van der Waals surface area contributed by atoms with Gasteiger partial charge in [0.1, 0.15) is 6.33 Å². The van der Waals surface area contributed by atoms with E-state index in [2.05, 4.69) is 15.3 Å². The summed E-state index contributed by atoms with van der Waals surface area (Å²) in [4.78, 5) is 18.7. The van der Waals surface area contributed by atoms with Crippen molar-refractivity contribution in [2.75, 3.05) is 5.32 Å². The predicted octanol–water partition coefficient (Wildman–Crippen LogP) is 2.92.